The second-order valence-electron chi connectivity index (χ2n) is 4.62. The SMILES string of the molecule is Cc1nc(-c2c[nH]c(C(=O)NC(C)c3ncn[nH]3)c2)cs1. The Labute approximate surface area is 124 Å². The Bertz CT molecular complexity index is 744. The van der Waals surface area contributed by atoms with Crippen LogP contribution in [-0.2, 0) is 0 Å². The molecule has 0 aromatic carbocycles. The molecule has 3 rings (SSSR count). The van der Waals surface area contributed by atoms with Gasteiger partial charge in [-0.2, -0.15) is 5.10 Å². The minimum Gasteiger partial charge on any atom is -0.357 e. The summed E-state index contributed by atoms with van der Waals surface area (Å²) in [6.45, 7) is 3.79. The number of H-pyrrole nitrogens is 2. The van der Waals surface area contributed by atoms with Gasteiger partial charge in [-0.25, -0.2) is 9.97 Å². The van der Waals surface area contributed by atoms with Gasteiger partial charge in [-0.15, -0.1) is 11.3 Å². The molecule has 8 heteroatoms. The second-order valence-corrected chi connectivity index (χ2v) is 5.68. The van der Waals surface area contributed by atoms with Crippen molar-refractivity contribution < 1.29 is 4.79 Å². The number of thiazole rings is 1. The Balaban J connectivity index is 1.72. The van der Waals surface area contributed by atoms with Crippen molar-refractivity contribution in [3.8, 4) is 11.3 Å². The van der Waals surface area contributed by atoms with Crippen LogP contribution < -0.4 is 5.32 Å². The highest BCUT2D eigenvalue weighted by molar-refractivity contribution is 7.09. The Morgan fingerprint density at radius 1 is 1.48 bits per heavy atom. The van der Waals surface area contributed by atoms with Crippen LogP contribution in [0.25, 0.3) is 11.3 Å². The lowest BCUT2D eigenvalue weighted by atomic mass is 10.2. The monoisotopic (exact) mass is 302 g/mol. The van der Waals surface area contributed by atoms with Gasteiger partial charge in [-0.1, -0.05) is 0 Å². The summed E-state index contributed by atoms with van der Waals surface area (Å²) in [6, 6.07) is 1.55. The van der Waals surface area contributed by atoms with Crippen LogP contribution in [0.2, 0.25) is 0 Å². The molecule has 0 bridgehead atoms. The van der Waals surface area contributed by atoms with Crippen LogP contribution in [0.4, 0.5) is 0 Å². The third-order valence-corrected chi connectivity index (χ3v) is 3.81. The average Bonchev–Trinajstić information content (AvgIpc) is 3.19. The maximum atomic E-state index is 12.2. The molecule has 0 fully saturated rings. The van der Waals surface area contributed by atoms with Crippen LogP contribution in [0.15, 0.2) is 24.0 Å². The van der Waals surface area contributed by atoms with E-state index >= 15 is 0 Å². The molecule has 0 saturated heterocycles. The molecule has 1 atom stereocenters. The van der Waals surface area contributed by atoms with E-state index in [4.69, 9.17) is 0 Å². The molecule has 0 aliphatic carbocycles. The minimum atomic E-state index is -0.242. The van der Waals surface area contributed by atoms with Crippen molar-refractivity contribution in [2.24, 2.45) is 0 Å². The second kappa shape index (κ2) is 5.49. The van der Waals surface area contributed by atoms with E-state index < -0.39 is 0 Å². The van der Waals surface area contributed by atoms with Gasteiger partial charge >= 0.3 is 0 Å². The first-order valence-electron chi connectivity index (χ1n) is 6.40. The zero-order valence-electron chi connectivity index (χ0n) is 11.5. The number of aromatic amines is 2. The highest BCUT2D eigenvalue weighted by atomic mass is 32.1. The number of hydrogen-bond acceptors (Lipinski definition) is 5. The molecule has 3 aromatic rings. The average molecular weight is 302 g/mol. The van der Waals surface area contributed by atoms with Crippen LogP contribution in [0.3, 0.4) is 0 Å². The van der Waals surface area contributed by atoms with Crippen molar-refractivity contribution in [3.63, 3.8) is 0 Å². The maximum absolute atomic E-state index is 12.2. The molecule has 0 spiro atoms. The Hall–Kier alpha value is -2.48. The highest BCUT2D eigenvalue weighted by Crippen LogP contribution is 2.22. The van der Waals surface area contributed by atoms with E-state index in [1.807, 2.05) is 19.2 Å². The largest absolute Gasteiger partial charge is 0.357 e. The third-order valence-electron chi connectivity index (χ3n) is 3.03. The number of aryl methyl sites for hydroxylation is 1. The topological polar surface area (TPSA) is 99.3 Å². The maximum Gasteiger partial charge on any atom is 0.268 e. The molecule has 7 nitrogen and oxygen atoms in total. The smallest absolute Gasteiger partial charge is 0.268 e. The molecule has 1 amide bonds. The molecule has 3 aromatic heterocycles. The summed E-state index contributed by atoms with van der Waals surface area (Å²) in [5, 5.41) is 12.3. The van der Waals surface area contributed by atoms with Crippen molar-refractivity contribution in [2.45, 2.75) is 19.9 Å². The van der Waals surface area contributed by atoms with Gasteiger partial charge in [0.15, 0.2) is 0 Å². The number of hydrogen-bond donors (Lipinski definition) is 3. The van der Waals surface area contributed by atoms with Crippen LogP contribution in [0.1, 0.15) is 34.3 Å². The normalized spacial score (nSPS) is 12.3. The first-order chi connectivity index (χ1) is 10.1. The summed E-state index contributed by atoms with van der Waals surface area (Å²) in [4.78, 5) is 23.6. The zero-order valence-corrected chi connectivity index (χ0v) is 12.4. The first-order valence-corrected chi connectivity index (χ1v) is 7.28. The molecule has 108 valence electrons. The van der Waals surface area contributed by atoms with Gasteiger partial charge in [0.25, 0.3) is 5.91 Å². The van der Waals surface area contributed by atoms with E-state index in [1.165, 1.54) is 6.33 Å². The molecular formula is C13H14N6OS. The van der Waals surface area contributed by atoms with E-state index in [0.29, 0.717) is 11.5 Å². The minimum absolute atomic E-state index is 0.197. The molecule has 0 saturated carbocycles. The fourth-order valence-electron chi connectivity index (χ4n) is 1.94. The standard InChI is InChI=1S/C13H14N6OS/c1-7(12-15-6-16-19-12)17-13(20)10-3-9(4-14-10)11-5-21-8(2)18-11/h3-7,14H,1-2H3,(H,17,20)(H,15,16,19). The number of rotatable bonds is 4. The van der Waals surface area contributed by atoms with Crippen molar-refractivity contribution >= 4 is 17.2 Å². The lowest BCUT2D eigenvalue weighted by molar-refractivity contribution is 0.0934. The molecule has 1 unspecified atom stereocenters. The lowest BCUT2D eigenvalue weighted by Crippen LogP contribution is -2.27. The highest BCUT2D eigenvalue weighted by Gasteiger charge is 2.15. The summed E-state index contributed by atoms with van der Waals surface area (Å²) >= 11 is 1.58. The molecule has 3 heterocycles. The van der Waals surface area contributed by atoms with Gasteiger partial charge < -0.3 is 10.3 Å². The third kappa shape index (κ3) is 2.84. The van der Waals surface area contributed by atoms with E-state index in [9.17, 15) is 4.79 Å². The van der Waals surface area contributed by atoms with Crippen LogP contribution >= 0.6 is 11.3 Å². The number of aromatic nitrogens is 5. The molecule has 3 N–H and O–H groups in total. The molecule has 21 heavy (non-hydrogen) atoms. The van der Waals surface area contributed by atoms with Crippen molar-refractivity contribution in [2.75, 3.05) is 0 Å². The fourth-order valence-corrected chi connectivity index (χ4v) is 2.56. The van der Waals surface area contributed by atoms with Gasteiger partial charge in [0.1, 0.15) is 17.8 Å². The summed E-state index contributed by atoms with van der Waals surface area (Å²) in [6.07, 6.45) is 3.19. The van der Waals surface area contributed by atoms with Crippen molar-refractivity contribution in [3.05, 3.63) is 40.5 Å². The van der Waals surface area contributed by atoms with E-state index in [0.717, 1.165) is 16.3 Å². The van der Waals surface area contributed by atoms with E-state index in [1.54, 1.807) is 23.6 Å². The number of nitrogens with zero attached hydrogens (tertiary/aromatic N) is 3. The predicted octanol–water partition coefficient (Wildman–Crippen LogP) is 2.06. The Kier molecular flexibility index (Phi) is 3.53. The van der Waals surface area contributed by atoms with Crippen molar-refractivity contribution in [1.82, 2.24) is 30.5 Å². The predicted molar refractivity (Wildman–Crippen MR) is 78.9 cm³/mol. The Morgan fingerprint density at radius 3 is 3.00 bits per heavy atom. The lowest BCUT2D eigenvalue weighted by Gasteiger charge is -2.09. The molecule has 0 aliphatic heterocycles. The van der Waals surface area contributed by atoms with Crippen molar-refractivity contribution in [1.29, 1.82) is 0 Å². The van der Waals surface area contributed by atoms with E-state index in [-0.39, 0.29) is 11.9 Å². The number of carbonyl (C=O) groups is 1. The molecular weight excluding hydrogens is 288 g/mol. The zero-order chi connectivity index (χ0) is 14.8. The molecule has 0 aliphatic rings. The number of carbonyl (C=O) groups excluding carboxylic acids is 1. The summed E-state index contributed by atoms with van der Waals surface area (Å²) in [7, 11) is 0. The summed E-state index contributed by atoms with van der Waals surface area (Å²) in [5.74, 6) is 0.419. The summed E-state index contributed by atoms with van der Waals surface area (Å²) in [5.41, 5.74) is 2.26. The van der Waals surface area contributed by atoms with Gasteiger partial charge in [0, 0.05) is 17.1 Å². The first kappa shape index (κ1) is 13.5. The fraction of sp³-hybridized carbons (Fsp3) is 0.231. The van der Waals surface area contributed by atoms with Gasteiger partial charge in [-0.05, 0) is 19.9 Å². The van der Waals surface area contributed by atoms with Gasteiger partial charge in [0.05, 0.1) is 16.7 Å². The quantitative estimate of drug-likeness (QED) is 0.687. The van der Waals surface area contributed by atoms with Gasteiger partial charge in [0.2, 0.25) is 0 Å². The number of nitrogens with one attached hydrogen (secondary N) is 3. The van der Waals surface area contributed by atoms with Crippen LogP contribution in [0, 0.1) is 6.92 Å². The molecule has 0 radical (unpaired) electrons. The summed E-state index contributed by atoms with van der Waals surface area (Å²) < 4.78 is 0. The van der Waals surface area contributed by atoms with E-state index in [2.05, 4.69) is 30.5 Å². The van der Waals surface area contributed by atoms with Gasteiger partial charge in [-0.3, -0.25) is 9.89 Å². The van der Waals surface area contributed by atoms with Crippen LogP contribution in [-0.4, -0.2) is 31.1 Å². The van der Waals surface area contributed by atoms with Crippen LogP contribution in [0.5, 0.6) is 0 Å². The Morgan fingerprint density at radius 2 is 2.33 bits per heavy atom. The number of amides is 1.